The van der Waals surface area contributed by atoms with Crippen molar-refractivity contribution in [3.8, 4) is 0 Å². The molecule has 0 spiro atoms. The molecule has 0 radical (unpaired) electrons. The lowest BCUT2D eigenvalue weighted by molar-refractivity contribution is -0.141. The molecule has 0 saturated heterocycles. The molecule has 1 aromatic rings. The van der Waals surface area contributed by atoms with E-state index in [0.29, 0.717) is 19.3 Å². The highest BCUT2D eigenvalue weighted by molar-refractivity contribution is 5.75. The molecule has 1 saturated carbocycles. The van der Waals surface area contributed by atoms with Crippen LogP contribution < -0.4 is 10.6 Å². The Morgan fingerprint density at radius 2 is 2.32 bits per heavy atom. The number of nitrogens with one attached hydrogen (secondary N) is 3. The number of aliphatic carboxylic acids is 1. The SMILES string of the molecule is CC(NC(=O)N[C@H]1CC[C@@H](C(=O)O)C1)c1cn[nH]c1. The van der Waals surface area contributed by atoms with Gasteiger partial charge in [-0.15, -0.1) is 0 Å². The largest absolute Gasteiger partial charge is 0.481 e. The minimum atomic E-state index is -0.781. The highest BCUT2D eigenvalue weighted by atomic mass is 16.4. The molecular formula is C12H18N4O3. The van der Waals surface area contributed by atoms with Crippen molar-refractivity contribution in [2.24, 2.45) is 5.92 Å². The number of carbonyl (C=O) groups is 2. The Hall–Kier alpha value is -2.05. The summed E-state index contributed by atoms with van der Waals surface area (Å²) in [6.07, 6.45) is 5.22. The van der Waals surface area contributed by atoms with E-state index >= 15 is 0 Å². The van der Waals surface area contributed by atoms with Crippen molar-refractivity contribution in [1.29, 1.82) is 0 Å². The fourth-order valence-electron chi connectivity index (χ4n) is 2.34. The van der Waals surface area contributed by atoms with Gasteiger partial charge in [0.1, 0.15) is 0 Å². The number of urea groups is 1. The van der Waals surface area contributed by atoms with E-state index < -0.39 is 5.97 Å². The standard InChI is InChI=1S/C12H18N4O3/c1-7(9-5-13-14-6-9)15-12(19)16-10-3-2-8(4-10)11(17)18/h5-8,10H,2-4H2,1H3,(H,13,14)(H,17,18)(H2,15,16,19)/t7?,8-,10+/m1/s1. The normalized spacial score (nSPS) is 23.8. The zero-order valence-corrected chi connectivity index (χ0v) is 10.7. The van der Waals surface area contributed by atoms with Gasteiger partial charge in [-0.2, -0.15) is 5.10 Å². The zero-order valence-electron chi connectivity index (χ0n) is 10.7. The minimum Gasteiger partial charge on any atom is -0.481 e. The number of rotatable bonds is 4. The van der Waals surface area contributed by atoms with Gasteiger partial charge in [0.05, 0.1) is 18.2 Å². The topological polar surface area (TPSA) is 107 Å². The number of amides is 2. The van der Waals surface area contributed by atoms with Crippen molar-refractivity contribution in [1.82, 2.24) is 20.8 Å². The maximum atomic E-state index is 11.8. The number of carbonyl (C=O) groups excluding carboxylic acids is 1. The summed E-state index contributed by atoms with van der Waals surface area (Å²) < 4.78 is 0. The summed E-state index contributed by atoms with van der Waals surface area (Å²) in [5, 5.41) is 21.0. The lowest BCUT2D eigenvalue weighted by Gasteiger charge is -2.16. The maximum Gasteiger partial charge on any atom is 0.315 e. The molecule has 0 aromatic carbocycles. The molecule has 1 fully saturated rings. The first-order valence-electron chi connectivity index (χ1n) is 6.34. The molecule has 104 valence electrons. The van der Waals surface area contributed by atoms with Gasteiger partial charge in [0.25, 0.3) is 0 Å². The molecule has 7 nitrogen and oxygen atoms in total. The Morgan fingerprint density at radius 3 is 2.89 bits per heavy atom. The Bertz CT molecular complexity index is 446. The smallest absolute Gasteiger partial charge is 0.315 e. The van der Waals surface area contributed by atoms with Gasteiger partial charge in [-0.3, -0.25) is 9.89 Å². The number of nitrogens with zero attached hydrogens (tertiary/aromatic N) is 1. The van der Waals surface area contributed by atoms with E-state index in [1.54, 1.807) is 12.4 Å². The van der Waals surface area contributed by atoms with Crippen LogP contribution in [0.15, 0.2) is 12.4 Å². The Labute approximate surface area is 110 Å². The third-order valence-corrected chi connectivity index (χ3v) is 3.48. The van der Waals surface area contributed by atoms with Gasteiger partial charge < -0.3 is 15.7 Å². The number of hydrogen-bond acceptors (Lipinski definition) is 3. The molecule has 4 N–H and O–H groups in total. The highest BCUT2D eigenvalue weighted by Gasteiger charge is 2.30. The number of hydrogen-bond donors (Lipinski definition) is 4. The van der Waals surface area contributed by atoms with Crippen LogP contribution in [0.2, 0.25) is 0 Å². The number of aromatic nitrogens is 2. The molecule has 1 aliphatic carbocycles. The average molecular weight is 266 g/mol. The second-order valence-electron chi connectivity index (χ2n) is 4.92. The van der Waals surface area contributed by atoms with Crippen molar-refractivity contribution in [3.63, 3.8) is 0 Å². The lowest BCUT2D eigenvalue weighted by atomic mass is 10.1. The van der Waals surface area contributed by atoms with Crippen molar-refractivity contribution >= 4 is 12.0 Å². The van der Waals surface area contributed by atoms with E-state index in [4.69, 9.17) is 5.11 Å². The third-order valence-electron chi connectivity index (χ3n) is 3.48. The lowest BCUT2D eigenvalue weighted by Crippen LogP contribution is -2.42. The van der Waals surface area contributed by atoms with Gasteiger partial charge in [0.15, 0.2) is 0 Å². The Morgan fingerprint density at radius 1 is 1.53 bits per heavy atom. The summed E-state index contributed by atoms with van der Waals surface area (Å²) >= 11 is 0. The number of carboxylic acid groups (broad SMARTS) is 1. The minimum absolute atomic E-state index is 0.0577. The Kier molecular flexibility index (Phi) is 4.03. The van der Waals surface area contributed by atoms with Gasteiger partial charge in [0, 0.05) is 17.8 Å². The van der Waals surface area contributed by atoms with Crippen LogP contribution in [0.1, 0.15) is 37.8 Å². The van der Waals surface area contributed by atoms with Gasteiger partial charge in [-0.1, -0.05) is 0 Å². The van der Waals surface area contributed by atoms with Crippen molar-refractivity contribution < 1.29 is 14.7 Å². The van der Waals surface area contributed by atoms with Gasteiger partial charge in [-0.25, -0.2) is 4.79 Å². The zero-order chi connectivity index (χ0) is 13.8. The third kappa shape index (κ3) is 3.46. The second-order valence-corrected chi connectivity index (χ2v) is 4.92. The highest BCUT2D eigenvalue weighted by Crippen LogP contribution is 2.25. The van der Waals surface area contributed by atoms with Crippen molar-refractivity contribution in [2.75, 3.05) is 0 Å². The van der Waals surface area contributed by atoms with E-state index in [0.717, 1.165) is 5.56 Å². The molecule has 1 unspecified atom stereocenters. The number of carboxylic acids is 1. The van der Waals surface area contributed by atoms with Crippen LogP contribution in [0.25, 0.3) is 0 Å². The first-order valence-corrected chi connectivity index (χ1v) is 6.34. The molecule has 2 amide bonds. The van der Waals surface area contributed by atoms with Crippen LogP contribution in [0, 0.1) is 5.92 Å². The van der Waals surface area contributed by atoms with Crippen molar-refractivity contribution in [3.05, 3.63) is 18.0 Å². The van der Waals surface area contributed by atoms with Crippen LogP contribution in [-0.4, -0.2) is 33.3 Å². The van der Waals surface area contributed by atoms with Crippen LogP contribution in [-0.2, 0) is 4.79 Å². The molecule has 1 aliphatic rings. The fourth-order valence-corrected chi connectivity index (χ4v) is 2.34. The van der Waals surface area contributed by atoms with E-state index in [-0.39, 0.29) is 24.0 Å². The monoisotopic (exact) mass is 266 g/mol. The summed E-state index contributed by atoms with van der Waals surface area (Å²) in [6.45, 7) is 1.86. The summed E-state index contributed by atoms with van der Waals surface area (Å²) in [6, 6.07) is -0.474. The predicted octanol–water partition coefficient (Wildman–Crippen LogP) is 1.02. The van der Waals surface area contributed by atoms with Gasteiger partial charge >= 0.3 is 12.0 Å². The molecule has 2 rings (SSSR count). The predicted molar refractivity (Wildman–Crippen MR) is 67.4 cm³/mol. The van der Waals surface area contributed by atoms with E-state index in [9.17, 15) is 9.59 Å². The summed E-state index contributed by atoms with van der Waals surface area (Å²) in [5.74, 6) is -1.12. The summed E-state index contributed by atoms with van der Waals surface area (Å²) in [4.78, 5) is 22.6. The summed E-state index contributed by atoms with van der Waals surface area (Å²) in [5.41, 5.74) is 0.894. The Balaban J connectivity index is 1.78. The second kappa shape index (κ2) is 5.73. The number of H-pyrrole nitrogens is 1. The summed E-state index contributed by atoms with van der Waals surface area (Å²) in [7, 11) is 0. The first-order chi connectivity index (χ1) is 9.06. The van der Waals surface area contributed by atoms with Crippen LogP contribution in [0.5, 0.6) is 0 Å². The van der Waals surface area contributed by atoms with Gasteiger partial charge in [0.2, 0.25) is 0 Å². The maximum absolute atomic E-state index is 11.8. The molecule has 7 heteroatoms. The molecule has 0 aliphatic heterocycles. The quantitative estimate of drug-likeness (QED) is 0.652. The molecule has 1 heterocycles. The first kappa shape index (κ1) is 13.4. The molecule has 1 aromatic heterocycles. The van der Waals surface area contributed by atoms with Gasteiger partial charge in [-0.05, 0) is 26.2 Å². The van der Waals surface area contributed by atoms with Crippen LogP contribution in [0.3, 0.4) is 0 Å². The molecule has 0 bridgehead atoms. The van der Waals surface area contributed by atoms with E-state index in [1.807, 2.05) is 6.92 Å². The fraction of sp³-hybridized carbons (Fsp3) is 0.583. The molecular weight excluding hydrogens is 248 g/mol. The van der Waals surface area contributed by atoms with E-state index in [1.165, 1.54) is 0 Å². The van der Waals surface area contributed by atoms with Crippen LogP contribution >= 0.6 is 0 Å². The van der Waals surface area contributed by atoms with Crippen LogP contribution in [0.4, 0.5) is 4.79 Å². The molecule has 19 heavy (non-hydrogen) atoms. The molecule has 3 atom stereocenters. The van der Waals surface area contributed by atoms with E-state index in [2.05, 4.69) is 20.8 Å². The number of aromatic amines is 1. The van der Waals surface area contributed by atoms with Crippen molar-refractivity contribution in [2.45, 2.75) is 38.3 Å². The average Bonchev–Trinajstić information content (AvgIpc) is 2.98.